The van der Waals surface area contributed by atoms with Gasteiger partial charge in [-0.15, -0.1) is 12.4 Å². The molecule has 0 aromatic heterocycles. The summed E-state index contributed by atoms with van der Waals surface area (Å²) in [5, 5.41) is 3.42. The maximum atomic E-state index is 12.9. The van der Waals surface area contributed by atoms with E-state index in [-0.39, 0.29) is 24.3 Å². The van der Waals surface area contributed by atoms with E-state index in [1.807, 2.05) is 19.1 Å². The SMILES string of the molecule is CCNC(CCOc1ccc(F)cc1)c1ccc(OC(=O)N(C)C)cc1.Cl. The average molecular weight is 397 g/mol. The van der Waals surface area contributed by atoms with Gasteiger partial charge in [0, 0.05) is 26.6 Å². The van der Waals surface area contributed by atoms with Crippen molar-refractivity contribution in [2.24, 2.45) is 0 Å². The summed E-state index contributed by atoms with van der Waals surface area (Å²) in [7, 11) is 3.28. The Hall–Kier alpha value is -2.31. The third-order valence-corrected chi connectivity index (χ3v) is 3.79. The second-order valence-corrected chi connectivity index (χ2v) is 6.03. The van der Waals surface area contributed by atoms with Gasteiger partial charge in [0.1, 0.15) is 17.3 Å². The van der Waals surface area contributed by atoms with E-state index in [1.165, 1.54) is 17.0 Å². The van der Waals surface area contributed by atoms with Crippen LogP contribution < -0.4 is 14.8 Å². The fraction of sp³-hybridized carbons (Fsp3) is 0.350. The minimum atomic E-state index is -0.409. The summed E-state index contributed by atoms with van der Waals surface area (Å²) in [6.45, 7) is 3.36. The first kappa shape index (κ1) is 22.7. The highest BCUT2D eigenvalue weighted by molar-refractivity contribution is 5.85. The minimum absolute atomic E-state index is 0. The van der Waals surface area contributed by atoms with Gasteiger partial charge in [-0.2, -0.15) is 0 Å². The molecule has 1 unspecified atom stereocenters. The zero-order valence-corrected chi connectivity index (χ0v) is 16.6. The van der Waals surface area contributed by atoms with Crippen molar-refractivity contribution >= 4 is 18.5 Å². The Balaban J connectivity index is 0.00000364. The van der Waals surface area contributed by atoms with E-state index in [4.69, 9.17) is 9.47 Å². The summed E-state index contributed by atoms with van der Waals surface area (Å²) in [6.07, 6.45) is 0.343. The van der Waals surface area contributed by atoms with E-state index in [2.05, 4.69) is 5.32 Å². The van der Waals surface area contributed by atoms with Crippen molar-refractivity contribution in [2.75, 3.05) is 27.2 Å². The third-order valence-electron chi connectivity index (χ3n) is 3.79. The van der Waals surface area contributed by atoms with Crippen LogP contribution in [0.3, 0.4) is 0 Å². The molecule has 1 N–H and O–H groups in total. The molecule has 0 aliphatic heterocycles. The van der Waals surface area contributed by atoms with Gasteiger partial charge in [0.2, 0.25) is 0 Å². The molecular weight excluding hydrogens is 371 g/mol. The highest BCUT2D eigenvalue weighted by Gasteiger charge is 2.12. The number of amides is 1. The van der Waals surface area contributed by atoms with Gasteiger partial charge in [-0.25, -0.2) is 9.18 Å². The maximum absolute atomic E-state index is 12.9. The summed E-state index contributed by atoms with van der Waals surface area (Å²) in [4.78, 5) is 13.0. The second kappa shape index (κ2) is 11.4. The zero-order valence-electron chi connectivity index (χ0n) is 15.8. The maximum Gasteiger partial charge on any atom is 0.414 e. The molecular formula is C20H26ClFN2O3. The number of nitrogens with one attached hydrogen (secondary N) is 1. The van der Waals surface area contributed by atoms with Crippen molar-refractivity contribution < 1.29 is 18.7 Å². The number of carbonyl (C=O) groups excluding carboxylic acids is 1. The number of nitrogens with zero attached hydrogens (tertiary/aromatic N) is 1. The van der Waals surface area contributed by atoms with E-state index in [0.717, 1.165) is 18.5 Å². The Morgan fingerprint density at radius 2 is 1.67 bits per heavy atom. The van der Waals surface area contributed by atoms with Gasteiger partial charge in [0.05, 0.1) is 6.61 Å². The number of hydrogen-bond donors (Lipinski definition) is 1. The van der Waals surface area contributed by atoms with Crippen LogP contribution in [0.2, 0.25) is 0 Å². The number of halogens is 2. The Morgan fingerprint density at radius 1 is 1.07 bits per heavy atom. The third kappa shape index (κ3) is 7.45. The summed E-state index contributed by atoms with van der Waals surface area (Å²) < 4.78 is 23.8. The van der Waals surface area contributed by atoms with E-state index >= 15 is 0 Å². The van der Waals surface area contributed by atoms with Crippen molar-refractivity contribution in [3.63, 3.8) is 0 Å². The first-order valence-corrected chi connectivity index (χ1v) is 8.60. The Morgan fingerprint density at radius 3 is 2.22 bits per heavy atom. The standard InChI is InChI=1S/C20H25FN2O3.ClH/c1-4-22-19(13-14-25-17-11-7-16(21)8-12-17)15-5-9-18(10-6-15)26-20(24)23(2)3;/h5-12,19,22H,4,13-14H2,1-3H3;1H. The van der Waals surface area contributed by atoms with Gasteiger partial charge in [0.15, 0.2) is 0 Å². The van der Waals surface area contributed by atoms with Crippen LogP contribution in [0, 0.1) is 5.82 Å². The molecule has 0 saturated heterocycles. The molecule has 148 valence electrons. The first-order chi connectivity index (χ1) is 12.5. The Labute approximate surface area is 165 Å². The largest absolute Gasteiger partial charge is 0.494 e. The molecule has 1 amide bonds. The molecule has 0 saturated carbocycles. The van der Waals surface area contributed by atoms with E-state index in [0.29, 0.717) is 18.1 Å². The Bertz CT molecular complexity index is 693. The lowest BCUT2D eigenvalue weighted by Gasteiger charge is -2.19. The Kier molecular flexibility index (Phi) is 9.61. The fourth-order valence-corrected chi connectivity index (χ4v) is 2.42. The molecule has 1 atom stereocenters. The molecule has 2 aromatic carbocycles. The molecule has 0 aliphatic rings. The number of ether oxygens (including phenoxy) is 2. The summed E-state index contributed by atoms with van der Waals surface area (Å²) in [5.74, 6) is 0.871. The smallest absolute Gasteiger partial charge is 0.414 e. The quantitative estimate of drug-likeness (QED) is 0.717. The summed E-state index contributed by atoms with van der Waals surface area (Å²) in [5.41, 5.74) is 1.08. The number of carbonyl (C=O) groups is 1. The molecule has 5 nitrogen and oxygen atoms in total. The van der Waals surface area contributed by atoms with Crippen molar-refractivity contribution in [1.29, 1.82) is 0 Å². The van der Waals surface area contributed by atoms with Gasteiger partial charge >= 0.3 is 6.09 Å². The lowest BCUT2D eigenvalue weighted by Crippen LogP contribution is -2.25. The van der Waals surface area contributed by atoms with Crippen LogP contribution in [0.5, 0.6) is 11.5 Å². The van der Waals surface area contributed by atoms with Crippen molar-refractivity contribution in [1.82, 2.24) is 10.2 Å². The average Bonchev–Trinajstić information content (AvgIpc) is 2.63. The van der Waals surface area contributed by atoms with Crippen LogP contribution in [0.1, 0.15) is 24.9 Å². The highest BCUT2D eigenvalue weighted by atomic mass is 35.5. The molecule has 0 spiro atoms. The predicted octanol–water partition coefficient (Wildman–Crippen LogP) is 4.43. The van der Waals surface area contributed by atoms with Crippen LogP contribution in [-0.4, -0.2) is 38.2 Å². The topological polar surface area (TPSA) is 50.8 Å². The predicted molar refractivity (Wildman–Crippen MR) is 106 cm³/mol. The number of rotatable bonds is 8. The molecule has 2 aromatic rings. The van der Waals surface area contributed by atoms with Crippen LogP contribution in [-0.2, 0) is 0 Å². The molecule has 27 heavy (non-hydrogen) atoms. The first-order valence-electron chi connectivity index (χ1n) is 8.60. The van der Waals surface area contributed by atoms with Crippen molar-refractivity contribution in [3.05, 3.63) is 59.9 Å². The highest BCUT2D eigenvalue weighted by Crippen LogP contribution is 2.21. The van der Waals surface area contributed by atoms with Gasteiger partial charge in [-0.1, -0.05) is 19.1 Å². The van der Waals surface area contributed by atoms with Crippen LogP contribution in [0.25, 0.3) is 0 Å². The number of hydrogen-bond acceptors (Lipinski definition) is 4. The normalized spacial score (nSPS) is 11.3. The van der Waals surface area contributed by atoms with Crippen molar-refractivity contribution in [2.45, 2.75) is 19.4 Å². The molecule has 0 heterocycles. The van der Waals surface area contributed by atoms with E-state index < -0.39 is 6.09 Å². The summed E-state index contributed by atoms with van der Waals surface area (Å²) in [6, 6.07) is 13.5. The lowest BCUT2D eigenvalue weighted by atomic mass is 10.0. The van der Waals surface area contributed by atoms with E-state index in [1.54, 1.807) is 38.4 Å². The number of benzene rings is 2. The van der Waals surface area contributed by atoms with Crippen LogP contribution in [0.4, 0.5) is 9.18 Å². The van der Waals surface area contributed by atoms with E-state index in [9.17, 15) is 9.18 Å². The van der Waals surface area contributed by atoms with Crippen LogP contribution in [0.15, 0.2) is 48.5 Å². The van der Waals surface area contributed by atoms with Crippen LogP contribution >= 0.6 is 12.4 Å². The summed E-state index contributed by atoms with van der Waals surface area (Å²) >= 11 is 0. The van der Waals surface area contributed by atoms with Crippen molar-refractivity contribution in [3.8, 4) is 11.5 Å². The molecule has 0 bridgehead atoms. The zero-order chi connectivity index (χ0) is 18.9. The lowest BCUT2D eigenvalue weighted by molar-refractivity contribution is 0.172. The minimum Gasteiger partial charge on any atom is -0.494 e. The molecule has 0 aliphatic carbocycles. The second-order valence-electron chi connectivity index (χ2n) is 6.03. The van der Waals surface area contributed by atoms with Gasteiger partial charge < -0.3 is 19.7 Å². The van der Waals surface area contributed by atoms with Gasteiger partial charge in [0.25, 0.3) is 0 Å². The molecule has 2 rings (SSSR count). The monoisotopic (exact) mass is 396 g/mol. The van der Waals surface area contributed by atoms with Gasteiger partial charge in [-0.3, -0.25) is 0 Å². The fourth-order valence-electron chi connectivity index (χ4n) is 2.42. The molecule has 7 heteroatoms. The molecule has 0 fully saturated rings. The van der Waals surface area contributed by atoms with Gasteiger partial charge in [-0.05, 0) is 48.5 Å². The molecule has 0 radical (unpaired) electrons.